The number of nitrogens with one attached hydrogen (secondary N) is 1. The number of aromatic nitrogens is 3. The summed E-state index contributed by atoms with van der Waals surface area (Å²) in [5.41, 5.74) is 1.89. The van der Waals surface area contributed by atoms with Crippen LogP contribution in [0.1, 0.15) is 26.4 Å². The van der Waals surface area contributed by atoms with E-state index in [4.69, 9.17) is 0 Å². The van der Waals surface area contributed by atoms with Gasteiger partial charge < -0.3 is 5.32 Å². The van der Waals surface area contributed by atoms with E-state index in [1.54, 1.807) is 37.5 Å². The molecule has 3 heterocycles. The third kappa shape index (κ3) is 3.93. The summed E-state index contributed by atoms with van der Waals surface area (Å²) >= 11 is 1.19. The molecule has 4 aromatic rings. The van der Waals surface area contributed by atoms with Crippen LogP contribution in [0.2, 0.25) is 0 Å². The summed E-state index contributed by atoms with van der Waals surface area (Å²) in [5, 5.41) is 3.27. The molecule has 0 aliphatic rings. The van der Waals surface area contributed by atoms with Crippen molar-refractivity contribution in [3.05, 3.63) is 92.9 Å². The van der Waals surface area contributed by atoms with E-state index >= 15 is 0 Å². The van der Waals surface area contributed by atoms with Crippen molar-refractivity contribution in [3.63, 3.8) is 0 Å². The Bertz CT molecular complexity index is 1250. The van der Waals surface area contributed by atoms with Gasteiger partial charge in [-0.25, -0.2) is 9.37 Å². The minimum absolute atomic E-state index is 0.206. The first-order valence-corrected chi connectivity index (χ1v) is 9.74. The second-order valence-corrected chi connectivity index (χ2v) is 7.59. The summed E-state index contributed by atoms with van der Waals surface area (Å²) in [6, 6.07) is 9.76. The molecular weight excluding hydrogens is 391 g/mol. The van der Waals surface area contributed by atoms with Gasteiger partial charge in [0.05, 0.1) is 23.1 Å². The fourth-order valence-corrected chi connectivity index (χ4v) is 4.14. The van der Waals surface area contributed by atoms with Crippen LogP contribution in [0.25, 0.3) is 10.2 Å². The summed E-state index contributed by atoms with van der Waals surface area (Å²) in [6.45, 7) is 2.29. The second kappa shape index (κ2) is 7.92. The summed E-state index contributed by atoms with van der Waals surface area (Å²) < 4.78 is 14.9. The van der Waals surface area contributed by atoms with Gasteiger partial charge in [0.2, 0.25) is 0 Å². The van der Waals surface area contributed by atoms with Crippen LogP contribution < -0.4 is 10.9 Å². The van der Waals surface area contributed by atoms with Gasteiger partial charge in [-0.15, -0.1) is 11.3 Å². The lowest BCUT2D eigenvalue weighted by molar-refractivity contribution is 0.0954. The number of aryl methyl sites for hydroxylation is 1. The molecule has 0 saturated heterocycles. The molecule has 1 aromatic carbocycles. The predicted octanol–water partition coefficient (Wildman–Crippen LogP) is 3.28. The van der Waals surface area contributed by atoms with Crippen molar-refractivity contribution in [3.8, 4) is 0 Å². The highest BCUT2D eigenvalue weighted by Crippen LogP contribution is 2.26. The maximum Gasteiger partial charge on any atom is 0.262 e. The lowest BCUT2D eigenvalue weighted by atomic mass is 10.2. The van der Waals surface area contributed by atoms with Crippen LogP contribution in [-0.2, 0) is 13.1 Å². The van der Waals surface area contributed by atoms with Crippen molar-refractivity contribution in [1.29, 1.82) is 0 Å². The topological polar surface area (TPSA) is 76.9 Å². The molecule has 8 heteroatoms. The molecule has 0 spiro atoms. The number of halogens is 1. The normalized spacial score (nSPS) is 11.0. The van der Waals surface area contributed by atoms with E-state index in [2.05, 4.69) is 15.3 Å². The average molecular weight is 408 g/mol. The molecule has 0 aliphatic heterocycles. The number of nitrogens with zero attached hydrogens (tertiary/aromatic N) is 3. The van der Waals surface area contributed by atoms with E-state index in [0.717, 1.165) is 5.56 Å². The van der Waals surface area contributed by atoms with Gasteiger partial charge in [0.25, 0.3) is 11.5 Å². The average Bonchev–Trinajstić information content (AvgIpc) is 3.06. The number of amides is 1. The van der Waals surface area contributed by atoms with Crippen LogP contribution >= 0.6 is 11.3 Å². The molecule has 3 aromatic heterocycles. The van der Waals surface area contributed by atoms with Crippen molar-refractivity contribution in [2.24, 2.45) is 0 Å². The number of thiophene rings is 1. The number of carbonyl (C=O) groups excluding carboxylic acids is 1. The van der Waals surface area contributed by atoms with Gasteiger partial charge in [-0.1, -0.05) is 18.2 Å². The number of pyridine rings is 1. The lowest BCUT2D eigenvalue weighted by Crippen LogP contribution is -2.23. The zero-order valence-corrected chi connectivity index (χ0v) is 16.4. The summed E-state index contributed by atoms with van der Waals surface area (Å²) in [7, 11) is 0. The lowest BCUT2D eigenvalue weighted by Gasteiger charge is -2.06. The first-order chi connectivity index (χ1) is 14.0. The Labute approximate surface area is 169 Å². The van der Waals surface area contributed by atoms with Crippen molar-refractivity contribution in [2.75, 3.05) is 0 Å². The minimum atomic E-state index is -0.358. The van der Waals surface area contributed by atoms with Crippen molar-refractivity contribution in [2.45, 2.75) is 20.0 Å². The Balaban J connectivity index is 1.62. The van der Waals surface area contributed by atoms with Crippen molar-refractivity contribution >= 4 is 27.5 Å². The Kier molecular flexibility index (Phi) is 5.18. The molecule has 0 atom stereocenters. The van der Waals surface area contributed by atoms with Crippen LogP contribution in [0.3, 0.4) is 0 Å². The Morgan fingerprint density at radius 2 is 2.07 bits per heavy atom. The number of carbonyl (C=O) groups is 1. The number of hydrogen-bond acceptors (Lipinski definition) is 5. The molecule has 4 rings (SSSR count). The van der Waals surface area contributed by atoms with Gasteiger partial charge in [-0.2, -0.15) is 0 Å². The summed E-state index contributed by atoms with van der Waals surface area (Å²) in [6.07, 6.45) is 4.79. The largest absolute Gasteiger partial charge is 0.347 e. The molecule has 6 nitrogen and oxygen atoms in total. The van der Waals surface area contributed by atoms with E-state index in [1.165, 1.54) is 34.4 Å². The van der Waals surface area contributed by atoms with Gasteiger partial charge >= 0.3 is 0 Å². The van der Waals surface area contributed by atoms with Gasteiger partial charge in [0.1, 0.15) is 10.6 Å². The highest BCUT2D eigenvalue weighted by atomic mass is 32.1. The third-order valence-electron chi connectivity index (χ3n) is 4.54. The molecule has 146 valence electrons. The zero-order chi connectivity index (χ0) is 20.4. The Hall–Kier alpha value is -3.39. The van der Waals surface area contributed by atoms with Gasteiger partial charge in [-0.05, 0) is 41.8 Å². The smallest absolute Gasteiger partial charge is 0.262 e. The summed E-state index contributed by atoms with van der Waals surface area (Å²) in [5.74, 6) is -0.616. The quantitative estimate of drug-likeness (QED) is 0.550. The van der Waals surface area contributed by atoms with Gasteiger partial charge in [-0.3, -0.25) is 19.1 Å². The van der Waals surface area contributed by atoms with Gasteiger partial charge in [0.15, 0.2) is 0 Å². The highest BCUT2D eigenvalue weighted by molar-refractivity contribution is 7.20. The van der Waals surface area contributed by atoms with Crippen molar-refractivity contribution in [1.82, 2.24) is 19.9 Å². The number of rotatable bonds is 5. The maximum atomic E-state index is 13.4. The van der Waals surface area contributed by atoms with Crippen LogP contribution in [0.4, 0.5) is 4.39 Å². The molecule has 0 fully saturated rings. The van der Waals surface area contributed by atoms with E-state index in [-0.39, 0.29) is 23.8 Å². The van der Waals surface area contributed by atoms with Crippen LogP contribution in [0.15, 0.2) is 59.9 Å². The number of benzene rings is 1. The standard InChI is InChI=1S/C21H17FN4O2S/c1-13-17-20(29-18(13)19(27)24-10-15-5-3-7-23-9-15)25-12-26(21(17)28)11-14-4-2-6-16(22)8-14/h2-9,12H,10-11H2,1H3,(H,24,27). The third-order valence-corrected chi connectivity index (χ3v) is 5.74. The second-order valence-electron chi connectivity index (χ2n) is 6.59. The first kappa shape index (κ1) is 18.9. The number of fused-ring (bicyclic) bond motifs is 1. The van der Waals surface area contributed by atoms with E-state index in [0.29, 0.717) is 32.8 Å². The SMILES string of the molecule is Cc1c(C(=O)NCc2cccnc2)sc2ncn(Cc3cccc(F)c3)c(=O)c12. The van der Waals surface area contributed by atoms with Crippen LogP contribution in [-0.4, -0.2) is 20.4 Å². The molecule has 0 saturated carbocycles. The number of hydrogen-bond donors (Lipinski definition) is 1. The molecular formula is C21H17FN4O2S. The zero-order valence-electron chi connectivity index (χ0n) is 15.6. The highest BCUT2D eigenvalue weighted by Gasteiger charge is 2.19. The molecule has 0 bridgehead atoms. The fourth-order valence-electron chi connectivity index (χ4n) is 3.09. The Morgan fingerprint density at radius 1 is 1.24 bits per heavy atom. The molecule has 1 amide bonds. The maximum absolute atomic E-state index is 13.4. The molecule has 0 radical (unpaired) electrons. The van der Waals surface area contributed by atoms with Crippen LogP contribution in [0, 0.1) is 12.7 Å². The molecule has 1 N–H and O–H groups in total. The molecule has 29 heavy (non-hydrogen) atoms. The molecule has 0 aliphatic carbocycles. The van der Waals surface area contributed by atoms with Crippen LogP contribution in [0.5, 0.6) is 0 Å². The van der Waals surface area contributed by atoms with E-state index in [9.17, 15) is 14.0 Å². The fraction of sp³-hybridized carbons (Fsp3) is 0.143. The van der Waals surface area contributed by atoms with E-state index < -0.39 is 0 Å². The first-order valence-electron chi connectivity index (χ1n) is 8.93. The molecule has 0 unspecified atom stereocenters. The minimum Gasteiger partial charge on any atom is -0.347 e. The monoisotopic (exact) mass is 408 g/mol. The van der Waals surface area contributed by atoms with Gasteiger partial charge in [0, 0.05) is 18.9 Å². The predicted molar refractivity (Wildman–Crippen MR) is 110 cm³/mol. The van der Waals surface area contributed by atoms with E-state index in [1.807, 2.05) is 6.07 Å². The van der Waals surface area contributed by atoms with Crippen molar-refractivity contribution < 1.29 is 9.18 Å². The summed E-state index contributed by atoms with van der Waals surface area (Å²) in [4.78, 5) is 34.9. The Morgan fingerprint density at radius 3 is 2.83 bits per heavy atom.